The molecule has 2 aromatic carbocycles. The molecule has 4 rings (SSSR count). The monoisotopic (exact) mass is 424 g/mol. The molecule has 3 aromatic rings. The fraction of sp³-hybridized carbons (Fsp3) is 0.200. The number of fused-ring (bicyclic) bond motifs is 3. The number of hydrogen-bond donors (Lipinski definition) is 1. The van der Waals surface area contributed by atoms with Crippen molar-refractivity contribution in [2.45, 2.75) is 25.2 Å². The summed E-state index contributed by atoms with van der Waals surface area (Å²) in [7, 11) is 0. The second-order valence-corrected chi connectivity index (χ2v) is 7.87. The Morgan fingerprint density at radius 1 is 1.27 bits per heavy atom. The number of nitro benzene ring substituents is 1. The molecule has 1 aromatic heterocycles. The average molecular weight is 424 g/mol. The number of hydrogen-bond acceptors (Lipinski definition) is 6. The van der Waals surface area contributed by atoms with Crippen molar-refractivity contribution in [2.24, 2.45) is 0 Å². The number of para-hydroxylation sites is 1. The highest BCUT2D eigenvalue weighted by atomic mass is 32.2. The maximum absolute atomic E-state index is 13.0. The van der Waals surface area contributed by atoms with Crippen molar-refractivity contribution in [1.82, 2.24) is 10.1 Å². The minimum Gasteiger partial charge on any atom is -0.291 e. The Hall–Kier alpha value is -3.53. The molecule has 2 heterocycles. The summed E-state index contributed by atoms with van der Waals surface area (Å²) in [6.07, 6.45) is -0.758. The van der Waals surface area contributed by atoms with Crippen LogP contribution in [-0.2, 0) is 4.79 Å². The van der Waals surface area contributed by atoms with E-state index in [1.165, 1.54) is 35.5 Å². The van der Waals surface area contributed by atoms with Crippen molar-refractivity contribution in [3.8, 4) is 11.3 Å². The van der Waals surface area contributed by atoms with E-state index < -0.39 is 11.1 Å². The Morgan fingerprint density at radius 3 is 2.60 bits per heavy atom. The zero-order valence-corrected chi connectivity index (χ0v) is 17.0. The van der Waals surface area contributed by atoms with Crippen LogP contribution in [0.15, 0.2) is 58.5 Å². The Balaban J connectivity index is 2.02. The maximum Gasteiger partial charge on any atom is 0.325 e. The Morgan fingerprint density at radius 2 is 1.97 bits per heavy atom. The van der Waals surface area contributed by atoms with E-state index in [0.717, 1.165) is 0 Å². The van der Waals surface area contributed by atoms with Gasteiger partial charge in [0.25, 0.3) is 11.9 Å². The minimum absolute atomic E-state index is 0.0596. The Kier molecular flexibility index (Phi) is 5.08. The second kappa shape index (κ2) is 7.71. The molecule has 0 saturated heterocycles. The molecular formula is C20H18N5O4S+. The van der Waals surface area contributed by atoms with Crippen molar-refractivity contribution in [3.63, 3.8) is 0 Å². The van der Waals surface area contributed by atoms with E-state index in [-0.39, 0.29) is 17.2 Å². The van der Waals surface area contributed by atoms with Crippen LogP contribution < -0.4 is 15.1 Å². The van der Waals surface area contributed by atoms with Gasteiger partial charge in [0.1, 0.15) is 0 Å². The number of nitrogens with zero attached hydrogens (tertiary/aromatic N) is 4. The number of thioether (sulfide) groups is 1. The molecule has 9 nitrogen and oxygen atoms in total. The van der Waals surface area contributed by atoms with Crippen LogP contribution in [0.25, 0.3) is 11.3 Å². The summed E-state index contributed by atoms with van der Waals surface area (Å²) in [6, 6.07) is 13.0. The topological polar surface area (TPSA) is 113 Å². The molecule has 0 unspecified atom stereocenters. The van der Waals surface area contributed by atoms with Gasteiger partial charge in [-0.15, -0.1) is 0 Å². The van der Waals surface area contributed by atoms with Crippen molar-refractivity contribution in [2.75, 3.05) is 10.7 Å². The first kappa shape index (κ1) is 19.8. The summed E-state index contributed by atoms with van der Waals surface area (Å²) < 4.78 is 1.53. The second-order valence-electron chi connectivity index (χ2n) is 6.61. The van der Waals surface area contributed by atoms with E-state index in [0.29, 0.717) is 33.4 Å². The molecule has 1 amide bonds. The molecule has 0 bridgehead atoms. The summed E-state index contributed by atoms with van der Waals surface area (Å²) in [5.41, 5.74) is 1.72. The molecular weight excluding hydrogens is 406 g/mol. The van der Waals surface area contributed by atoms with E-state index in [9.17, 15) is 19.7 Å². The van der Waals surface area contributed by atoms with Crippen molar-refractivity contribution in [3.05, 3.63) is 74.6 Å². The summed E-state index contributed by atoms with van der Waals surface area (Å²) in [6.45, 7) is 3.38. The fourth-order valence-corrected chi connectivity index (χ4v) is 4.17. The largest absolute Gasteiger partial charge is 0.325 e. The number of carbonyl (C=O) groups excluding carboxylic acids is 1. The first-order chi connectivity index (χ1) is 14.4. The highest BCUT2D eigenvalue weighted by molar-refractivity contribution is 7.99. The van der Waals surface area contributed by atoms with Gasteiger partial charge in [-0.1, -0.05) is 30.8 Å². The molecule has 152 valence electrons. The van der Waals surface area contributed by atoms with Crippen molar-refractivity contribution in [1.29, 1.82) is 0 Å². The number of anilines is 1. The van der Waals surface area contributed by atoms with Crippen LogP contribution in [0.1, 0.15) is 25.6 Å². The van der Waals surface area contributed by atoms with E-state index in [4.69, 9.17) is 0 Å². The lowest BCUT2D eigenvalue weighted by atomic mass is 10.0. The molecule has 1 aliphatic rings. The van der Waals surface area contributed by atoms with E-state index in [1.54, 1.807) is 41.3 Å². The molecule has 0 radical (unpaired) electrons. The SMILES string of the molecule is CCSc1n[n+]2c(c(=O)[nH]1)-c1ccccc1N(C(C)=O)[C@@H]2c1ccc([N+](=O)[O-])cc1. The van der Waals surface area contributed by atoms with Gasteiger partial charge < -0.3 is 0 Å². The van der Waals surface area contributed by atoms with Gasteiger partial charge in [0.2, 0.25) is 11.1 Å². The molecule has 1 N–H and O–H groups in total. The van der Waals surface area contributed by atoms with Gasteiger partial charge in [0.05, 0.1) is 16.2 Å². The standard InChI is InChI=1S/C20H17N5O4S/c1-3-30-20-21-18(27)17-15-6-4-5-7-16(15)23(12(2)26)19(24(17)22-20)13-8-10-14(11-9-13)25(28)29/h4-11,19H,3H2,1-2H3/p+1/t19-/m0/s1. The maximum atomic E-state index is 13.0. The lowest BCUT2D eigenvalue weighted by molar-refractivity contribution is -0.763. The predicted molar refractivity (Wildman–Crippen MR) is 111 cm³/mol. The molecule has 0 fully saturated rings. The molecule has 0 spiro atoms. The average Bonchev–Trinajstić information content (AvgIpc) is 2.72. The van der Waals surface area contributed by atoms with E-state index >= 15 is 0 Å². The Labute approximate surface area is 175 Å². The molecule has 0 aliphatic carbocycles. The van der Waals surface area contributed by atoms with Crippen LogP contribution in [0, 0.1) is 10.1 Å². The first-order valence-electron chi connectivity index (χ1n) is 9.25. The normalized spacial score (nSPS) is 14.7. The van der Waals surface area contributed by atoms with Gasteiger partial charge in [-0.25, -0.2) is 4.90 Å². The predicted octanol–water partition coefficient (Wildman–Crippen LogP) is 2.66. The van der Waals surface area contributed by atoms with E-state index in [1.807, 2.05) is 6.92 Å². The minimum atomic E-state index is -0.758. The number of non-ortho nitro benzene ring substituents is 1. The van der Waals surface area contributed by atoms with Crippen molar-refractivity contribution >= 4 is 29.0 Å². The summed E-state index contributed by atoms with van der Waals surface area (Å²) >= 11 is 1.38. The first-order valence-corrected chi connectivity index (χ1v) is 10.2. The number of amides is 1. The number of carbonyl (C=O) groups is 1. The number of nitrogens with one attached hydrogen (secondary N) is 1. The third kappa shape index (κ3) is 3.24. The summed E-state index contributed by atoms with van der Waals surface area (Å²) in [5, 5.41) is 16.1. The van der Waals surface area contributed by atoms with Crippen LogP contribution in [0.3, 0.4) is 0 Å². The highest BCUT2D eigenvalue weighted by Gasteiger charge is 2.44. The lowest BCUT2D eigenvalue weighted by Gasteiger charge is -2.31. The van der Waals surface area contributed by atoms with Crippen LogP contribution in [0.2, 0.25) is 0 Å². The molecule has 30 heavy (non-hydrogen) atoms. The van der Waals surface area contributed by atoms with Gasteiger partial charge >= 0.3 is 11.3 Å². The molecule has 10 heteroatoms. The number of aromatic amines is 1. The van der Waals surface area contributed by atoms with Crippen LogP contribution in [0.5, 0.6) is 0 Å². The van der Waals surface area contributed by atoms with Gasteiger partial charge in [-0.3, -0.25) is 24.7 Å². The molecule has 0 saturated carbocycles. The quantitative estimate of drug-likeness (QED) is 0.298. The smallest absolute Gasteiger partial charge is 0.291 e. The van der Waals surface area contributed by atoms with Crippen LogP contribution >= 0.6 is 11.8 Å². The van der Waals surface area contributed by atoms with Crippen LogP contribution in [0.4, 0.5) is 11.4 Å². The highest BCUT2D eigenvalue weighted by Crippen LogP contribution is 2.37. The number of rotatable bonds is 4. The zero-order chi connectivity index (χ0) is 21.4. The zero-order valence-electron chi connectivity index (χ0n) is 16.2. The number of aromatic nitrogens is 3. The van der Waals surface area contributed by atoms with Gasteiger partial charge in [0, 0.05) is 29.7 Å². The lowest BCUT2D eigenvalue weighted by Crippen LogP contribution is -2.60. The summed E-state index contributed by atoms with van der Waals surface area (Å²) in [4.78, 5) is 40.6. The summed E-state index contributed by atoms with van der Waals surface area (Å²) in [5.74, 6) is 0.466. The van der Waals surface area contributed by atoms with Gasteiger partial charge in [-0.2, -0.15) is 0 Å². The number of benzene rings is 2. The molecule has 1 aliphatic heterocycles. The number of nitro groups is 1. The number of H-pyrrole nitrogens is 1. The molecule has 1 atom stereocenters. The van der Waals surface area contributed by atoms with Crippen molar-refractivity contribution < 1.29 is 14.4 Å². The van der Waals surface area contributed by atoms with E-state index in [2.05, 4.69) is 10.1 Å². The van der Waals surface area contributed by atoms with Gasteiger partial charge in [-0.05, 0) is 34.7 Å². The van der Waals surface area contributed by atoms with Gasteiger partial charge in [0.15, 0.2) is 0 Å². The fourth-order valence-electron chi connectivity index (χ4n) is 3.58. The van der Waals surface area contributed by atoms with Crippen LogP contribution in [-0.4, -0.2) is 26.7 Å². The Bertz CT molecular complexity index is 1210. The third-order valence-electron chi connectivity index (χ3n) is 4.78. The third-order valence-corrected chi connectivity index (χ3v) is 5.53.